The summed E-state index contributed by atoms with van der Waals surface area (Å²) in [7, 11) is 0. The second kappa shape index (κ2) is 37.6. The van der Waals surface area contributed by atoms with Crippen LogP contribution in [0, 0.1) is 0 Å². The summed E-state index contributed by atoms with van der Waals surface area (Å²) < 4.78 is 0. The highest BCUT2D eigenvalue weighted by Crippen LogP contribution is 2.15. The summed E-state index contributed by atoms with van der Waals surface area (Å²) >= 11 is 0. The van der Waals surface area contributed by atoms with Crippen LogP contribution in [0.15, 0.2) is 68.2 Å². The molecule has 0 aliphatic carbocycles. The van der Waals surface area contributed by atoms with Crippen LogP contribution in [0.1, 0.15) is 204 Å². The molecule has 0 unspecified atom stereocenters. The minimum absolute atomic E-state index is 1.11. The van der Waals surface area contributed by atoms with Crippen molar-refractivity contribution < 1.29 is 0 Å². The fourth-order valence-corrected chi connectivity index (χ4v) is 6.49. The molecule has 0 aliphatic heterocycles. The third kappa shape index (κ3) is 31.4. The number of aromatic nitrogens is 4. The highest BCUT2D eigenvalue weighted by atomic mass is 14.9. The number of imidazole rings is 2. The number of hydrogen-bond acceptors (Lipinski definition) is 2. The standard InChI is InChI=1S/C25H44N2.C21H36N2/c1-3-5-7-8-9-10-11-12-13-14-15-16-17-18-19-20-22-25-26-23-24(27-25)21-6-4-2;1-2-3-4-5-6-7-8-9-10-11-12-13-14-15-16-17-18-21-22-19-20-23-21/h3,5,7,23H,1,4,6,8-22H2,2H3,(H,26,27);2-4,19-20H,1,5-18H2,(H,22,23). The molecule has 2 aromatic rings. The monoisotopic (exact) mass is 689 g/mol. The van der Waals surface area contributed by atoms with E-state index in [-0.39, 0.29) is 0 Å². The molecule has 0 fully saturated rings. The summed E-state index contributed by atoms with van der Waals surface area (Å²) in [5.74, 6) is 2.33. The topological polar surface area (TPSA) is 57.4 Å². The molecule has 0 radical (unpaired) electrons. The minimum atomic E-state index is 1.11. The molecule has 2 aromatic heterocycles. The molecule has 0 saturated heterocycles. The Balaban J connectivity index is 0.000000506. The van der Waals surface area contributed by atoms with Crippen molar-refractivity contribution >= 4 is 0 Å². The lowest BCUT2D eigenvalue weighted by Gasteiger charge is -2.03. The van der Waals surface area contributed by atoms with Gasteiger partial charge in [0.15, 0.2) is 0 Å². The quantitative estimate of drug-likeness (QED) is 0.0559. The number of aromatic amines is 2. The predicted molar refractivity (Wildman–Crippen MR) is 222 cm³/mol. The lowest BCUT2D eigenvalue weighted by molar-refractivity contribution is 0.540. The van der Waals surface area contributed by atoms with Crippen molar-refractivity contribution in [1.82, 2.24) is 19.9 Å². The van der Waals surface area contributed by atoms with E-state index in [0.717, 1.165) is 25.1 Å². The Morgan fingerprint density at radius 1 is 0.500 bits per heavy atom. The van der Waals surface area contributed by atoms with Crippen molar-refractivity contribution in [2.45, 2.75) is 206 Å². The number of allylic oxidation sites excluding steroid dienone is 6. The Morgan fingerprint density at radius 3 is 1.32 bits per heavy atom. The van der Waals surface area contributed by atoms with E-state index in [2.05, 4.69) is 64.3 Å². The fraction of sp³-hybridized carbons (Fsp3) is 0.696. The van der Waals surface area contributed by atoms with E-state index < -0.39 is 0 Å². The molecule has 0 atom stereocenters. The third-order valence-electron chi connectivity index (χ3n) is 9.65. The first-order valence-corrected chi connectivity index (χ1v) is 21.4. The van der Waals surface area contributed by atoms with Gasteiger partial charge in [-0.15, -0.1) is 0 Å². The van der Waals surface area contributed by atoms with Crippen molar-refractivity contribution in [2.75, 3.05) is 0 Å². The van der Waals surface area contributed by atoms with E-state index in [1.165, 1.54) is 191 Å². The van der Waals surface area contributed by atoms with Gasteiger partial charge in [0.1, 0.15) is 11.6 Å². The Hall–Kier alpha value is -2.62. The van der Waals surface area contributed by atoms with E-state index in [9.17, 15) is 0 Å². The minimum Gasteiger partial charge on any atom is -0.349 e. The van der Waals surface area contributed by atoms with Crippen LogP contribution in [0.25, 0.3) is 0 Å². The number of hydrogen-bond donors (Lipinski definition) is 2. The second-order valence-corrected chi connectivity index (χ2v) is 14.4. The molecule has 50 heavy (non-hydrogen) atoms. The second-order valence-electron chi connectivity index (χ2n) is 14.4. The summed E-state index contributed by atoms with van der Waals surface area (Å²) in [6, 6.07) is 0. The van der Waals surface area contributed by atoms with Gasteiger partial charge in [-0.2, -0.15) is 0 Å². The van der Waals surface area contributed by atoms with Gasteiger partial charge in [0.05, 0.1) is 0 Å². The Bertz CT molecular complexity index is 1010. The van der Waals surface area contributed by atoms with E-state index >= 15 is 0 Å². The first kappa shape index (κ1) is 45.4. The molecule has 2 N–H and O–H groups in total. The van der Waals surface area contributed by atoms with Gasteiger partial charge in [0.2, 0.25) is 0 Å². The number of rotatable bonds is 35. The first-order valence-electron chi connectivity index (χ1n) is 21.4. The first-order chi connectivity index (χ1) is 24.8. The van der Waals surface area contributed by atoms with Crippen LogP contribution < -0.4 is 0 Å². The zero-order chi connectivity index (χ0) is 35.8. The van der Waals surface area contributed by atoms with Crippen LogP contribution in [0.4, 0.5) is 0 Å². The van der Waals surface area contributed by atoms with Gasteiger partial charge >= 0.3 is 0 Å². The van der Waals surface area contributed by atoms with Crippen LogP contribution in [-0.4, -0.2) is 19.9 Å². The lowest BCUT2D eigenvalue weighted by atomic mass is 10.0. The number of nitrogens with zero attached hydrogens (tertiary/aromatic N) is 2. The third-order valence-corrected chi connectivity index (χ3v) is 9.65. The zero-order valence-corrected chi connectivity index (χ0v) is 32.9. The van der Waals surface area contributed by atoms with Crippen LogP contribution in [0.2, 0.25) is 0 Å². The van der Waals surface area contributed by atoms with Crippen LogP contribution >= 0.6 is 0 Å². The summed E-state index contributed by atoms with van der Waals surface area (Å²) in [6.45, 7) is 9.62. The maximum Gasteiger partial charge on any atom is 0.106 e. The summed E-state index contributed by atoms with van der Waals surface area (Å²) in [4.78, 5) is 15.4. The van der Waals surface area contributed by atoms with Gasteiger partial charge in [-0.05, 0) is 51.4 Å². The van der Waals surface area contributed by atoms with Gasteiger partial charge in [-0.25, -0.2) is 9.97 Å². The van der Waals surface area contributed by atoms with Crippen molar-refractivity contribution in [3.8, 4) is 0 Å². The van der Waals surface area contributed by atoms with Crippen molar-refractivity contribution in [3.05, 3.63) is 85.5 Å². The molecule has 2 heterocycles. The SMILES string of the molecule is C=CC=CCCCCCCCCCCCCCCc1ncc(CCCC)[nH]1.C=CC=CCCCCCCCCCCCCCCc1ncc[nH]1. The smallest absolute Gasteiger partial charge is 0.106 e. The van der Waals surface area contributed by atoms with E-state index in [4.69, 9.17) is 0 Å². The Morgan fingerprint density at radius 2 is 0.920 bits per heavy atom. The van der Waals surface area contributed by atoms with Gasteiger partial charge in [0.25, 0.3) is 0 Å². The van der Waals surface area contributed by atoms with Gasteiger partial charge in [0, 0.05) is 37.1 Å². The van der Waals surface area contributed by atoms with Crippen molar-refractivity contribution in [1.29, 1.82) is 0 Å². The highest BCUT2D eigenvalue weighted by Gasteiger charge is 2.01. The molecule has 4 nitrogen and oxygen atoms in total. The van der Waals surface area contributed by atoms with Gasteiger partial charge in [-0.3, -0.25) is 0 Å². The maximum atomic E-state index is 4.51. The molecule has 0 amide bonds. The molecule has 284 valence electrons. The molecule has 0 aromatic carbocycles. The zero-order valence-electron chi connectivity index (χ0n) is 32.9. The predicted octanol–water partition coefficient (Wildman–Crippen LogP) is 14.9. The molecule has 4 heteroatoms. The average Bonchev–Trinajstić information content (AvgIpc) is 3.83. The largest absolute Gasteiger partial charge is 0.349 e. The van der Waals surface area contributed by atoms with Crippen molar-refractivity contribution in [2.24, 2.45) is 0 Å². The molecular formula is C46H80N4. The number of nitrogens with one attached hydrogen (secondary N) is 2. The van der Waals surface area contributed by atoms with Gasteiger partial charge in [-0.1, -0.05) is 191 Å². The molecular weight excluding hydrogens is 609 g/mol. The van der Waals surface area contributed by atoms with Crippen molar-refractivity contribution in [3.63, 3.8) is 0 Å². The number of unbranched alkanes of at least 4 members (excludes halogenated alkanes) is 25. The molecule has 0 saturated carbocycles. The van der Waals surface area contributed by atoms with Crippen LogP contribution in [0.5, 0.6) is 0 Å². The summed E-state index contributed by atoms with van der Waals surface area (Å²) in [5, 5.41) is 0. The number of H-pyrrole nitrogens is 2. The highest BCUT2D eigenvalue weighted by molar-refractivity contribution is 5.01. The normalized spacial score (nSPS) is 11.4. The molecule has 2 rings (SSSR count). The van der Waals surface area contributed by atoms with E-state index in [1.54, 1.807) is 0 Å². The maximum absolute atomic E-state index is 4.51. The molecule has 0 bridgehead atoms. The fourth-order valence-electron chi connectivity index (χ4n) is 6.49. The Kier molecular flexibility index (Phi) is 34.2. The average molecular weight is 689 g/mol. The summed E-state index contributed by atoms with van der Waals surface area (Å²) in [6.07, 6.45) is 59.8. The lowest BCUT2D eigenvalue weighted by Crippen LogP contribution is -1.90. The van der Waals surface area contributed by atoms with E-state index in [0.29, 0.717) is 0 Å². The van der Waals surface area contributed by atoms with Crippen LogP contribution in [-0.2, 0) is 19.3 Å². The molecule has 0 spiro atoms. The van der Waals surface area contributed by atoms with Gasteiger partial charge < -0.3 is 9.97 Å². The number of aryl methyl sites for hydroxylation is 3. The Labute approximate surface area is 310 Å². The summed E-state index contributed by atoms with van der Waals surface area (Å²) in [5.41, 5.74) is 1.32. The van der Waals surface area contributed by atoms with E-state index in [1.807, 2.05) is 30.7 Å². The van der Waals surface area contributed by atoms with Crippen LogP contribution in [0.3, 0.4) is 0 Å². The molecule has 0 aliphatic rings.